The Morgan fingerprint density at radius 2 is 2.10 bits per heavy atom. The number of allylic oxidation sites excluding steroid dienone is 4. The molecule has 0 saturated heterocycles. The van der Waals surface area contributed by atoms with Crippen LogP contribution in [0.4, 0.5) is 5.69 Å². The van der Waals surface area contributed by atoms with Crippen molar-refractivity contribution in [2.24, 2.45) is 5.10 Å². The zero-order valence-electron chi connectivity index (χ0n) is 11.9. The Bertz CT molecular complexity index is 608. The number of nitrogens with zero attached hydrogens (tertiary/aromatic N) is 2. The monoisotopic (exact) mass is 303 g/mol. The Balaban J connectivity index is 2.03. The molecule has 1 aliphatic heterocycles. The molecule has 1 heterocycles. The van der Waals surface area contributed by atoms with Gasteiger partial charge in [0.05, 0.1) is 9.97 Å². The van der Waals surface area contributed by atoms with E-state index in [2.05, 4.69) is 16.6 Å². The SMILES string of the molecule is C/C=C\C=C\CC1=NNC(C)(c2ccc([N+](=O)[O-])cc2)S1. The van der Waals surface area contributed by atoms with Crippen molar-refractivity contribution in [1.82, 2.24) is 5.43 Å². The van der Waals surface area contributed by atoms with E-state index >= 15 is 0 Å². The van der Waals surface area contributed by atoms with Gasteiger partial charge in [0.2, 0.25) is 0 Å². The standard InChI is InChI=1S/C15H17N3O2S/c1-3-4-5-6-7-14-16-17-15(2,21-14)12-8-10-13(11-9-12)18(19)20/h3-6,8-11,17H,7H2,1-2H3/b4-3-,6-5+. The van der Waals surface area contributed by atoms with Gasteiger partial charge in [-0.25, -0.2) is 0 Å². The molecule has 110 valence electrons. The fourth-order valence-electron chi connectivity index (χ4n) is 1.92. The summed E-state index contributed by atoms with van der Waals surface area (Å²) < 4.78 is 0. The van der Waals surface area contributed by atoms with E-state index in [4.69, 9.17) is 0 Å². The Labute approximate surface area is 128 Å². The number of benzene rings is 1. The molecule has 1 atom stereocenters. The predicted molar refractivity (Wildman–Crippen MR) is 87.2 cm³/mol. The first-order valence-corrected chi connectivity index (χ1v) is 7.42. The maximum absolute atomic E-state index is 10.7. The Hall–Kier alpha value is -2.08. The molecule has 1 unspecified atom stereocenters. The maximum Gasteiger partial charge on any atom is 0.269 e. The van der Waals surface area contributed by atoms with E-state index in [0.29, 0.717) is 0 Å². The van der Waals surface area contributed by atoms with E-state index in [0.717, 1.165) is 17.0 Å². The van der Waals surface area contributed by atoms with E-state index < -0.39 is 4.92 Å². The van der Waals surface area contributed by atoms with Gasteiger partial charge in [-0.1, -0.05) is 36.1 Å². The minimum Gasteiger partial charge on any atom is -0.289 e. The van der Waals surface area contributed by atoms with Gasteiger partial charge in [0.1, 0.15) is 4.87 Å². The van der Waals surface area contributed by atoms with Gasteiger partial charge in [-0.15, -0.1) is 0 Å². The lowest BCUT2D eigenvalue weighted by molar-refractivity contribution is -0.384. The number of hydrogen-bond donors (Lipinski definition) is 1. The molecule has 2 rings (SSSR count). The average molecular weight is 303 g/mol. The molecule has 1 N–H and O–H groups in total. The summed E-state index contributed by atoms with van der Waals surface area (Å²) in [5.74, 6) is 0. The molecule has 0 fully saturated rings. The van der Waals surface area contributed by atoms with Crippen molar-refractivity contribution in [2.75, 3.05) is 0 Å². The highest BCUT2D eigenvalue weighted by Crippen LogP contribution is 2.39. The molecular formula is C15H17N3O2S. The molecule has 0 aromatic heterocycles. The normalized spacial score (nSPS) is 21.7. The number of nitro groups is 1. The topological polar surface area (TPSA) is 67.5 Å². The van der Waals surface area contributed by atoms with Crippen LogP contribution in [-0.2, 0) is 4.87 Å². The number of nitrogens with one attached hydrogen (secondary N) is 1. The van der Waals surface area contributed by atoms with Crippen LogP contribution in [0.5, 0.6) is 0 Å². The smallest absolute Gasteiger partial charge is 0.269 e. The zero-order chi connectivity index (χ0) is 15.3. The van der Waals surface area contributed by atoms with E-state index in [1.807, 2.05) is 32.1 Å². The lowest BCUT2D eigenvalue weighted by Crippen LogP contribution is -2.28. The summed E-state index contributed by atoms with van der Waals surface area (Å²) in [6.07, 6.45) is 8.76. The summed E-state index contributed by atoms with van der Waals surface area (Å²) in [6.45, 7) is 3.99. The quantitative estimate of drug-likeness (QED) is 0.508. The third-order valence-corrected chi connectivity index (χ3v) is 4.31. The fourth-order valence-corrected chi connectivity index (χ4v) is 3.01. The molecule has 0 amide bonds. The summed E-state index contributed by atoms with van der Waals surface area (Å²) in [4.78, 5) is 9.92. The largest absolute Gasteiger partial charge is 0.289 e. The highest BCUT2D eigenvalue weighted by molar-refractivity contribution is 8.14. The molecule has 0 radical (unpaired) electrons. The second-order valence-corrected chi connectivity index (χ2v) is 6.21. The van der Waals surface area contributed by atoms with Crippen molar-refractivity contribution < 1.29 is 4.92 Å². The Morgan fingerprint density at radius 1 is 1.38 bits per heavy atom. The molecule has 21 heavy (non-hydrogen) atoms. The second-order valence-electron chi connectivity index (χ2n) is 4.71. The van der Waals surface area contributed by atoms with Crippen molar-refractivity contribution in [2.45, 2.75) is 25.1 Å². The summed E-state index contributed by atoms with van der Waals surface area (Å²) in [5, 5.41) is 16.0. The Morgan fingerprint density at radius 3 is 2.71 bits per heavy atom. The minimum atomic E-state index is -0.394. The van der Waals surface area contributed by atoms with E-state index in [9.17, 15) is 10.1 Å². The number of thioether (sulfide) groups is 1. The maximum atomic E-state index is 10.7. The first-order chi connectivity index (χ1) is 10.0. The van der Waals surface area contributed by atoms with Crippen molar-refractivity contribution in [3.8, 4) is 0 Å². The van der Waals surface area contributed by atoms with Crippen LogP contribution in [-0.4, -0.2) is 9.97 Å². The predicted octanol–water partition coefficient (Wildman–Crippen LogP) is 3.94. The van der Waals surface area contributed by atoms with Crippen molar-refractivity contribution in [1.29, 1.82) is 0 Å². The number of non-ortho nitro benzene ring substituents is 1. The molecule has 0 bridgehead atoms. The molecule has 0 aliphatic carbocycles. The van der Waals surface area contributed by atoms with Crippen LogP contribution in [0.2, 0.25) is 0 Å². The molecule has 6 heteroatoms. The number of hydrazone groups is 1. The lowest BCUT2D eigenvalue weighted by Gasteiger charge is -2.22. The molecule has 5 nitrogen and oxygen atoms in total. The molecule has 1 aliphatic rings. The van der Waals surface area contributed by atoms with Gasteiger partial charge in [0, 0.05) is 18.6 Å². The van der Waals surface area contributed by atoms with Gasteiger partial charge >= 0.3 is 0 Å². The van der Waals surface area contributed by atoms with Crippen LogP contribution in [0.25, 0.3) is 0 Å². The summed E-state index contributed by atoms with van der Waals surface area (Å²) in [6, 6.07) is 6.58. The highest BCUT2D eigenvalue weighted by Gasteiger charge is 2.33. The van der Waals surface area contributed by atoms with Crippen molar-refractivity contribution >= 4 is 22.5 Å². The van der Waals surface area contributed by atoms with Crippen LogP contribution in [0, 0.1) is 10.1 Å². The van der Waals surface area contributed by atoms with E-state index in [-0.39, 0.29) is 10.6 Å². The first kappa shape index (κ1) is 15.3. The third-order valence-electron chi connectivity index (χ3n) is 3.08. The number of hydrogen-bond acceptors (Lipinski definition) is 5. The van der Waals surface area contributed by atoms with Gasteiger partial charge in [0.25, 0.3) is 5.69 Å². The number of nitro benzene ring substituents is 1. The molecule has 1 aromatic rings. The fraction of sp³-hybridized carbons (Fsp3) is 0.267. The van der Waals surface area contributed by atoms with Crippen molar-refractivity contribution in [3.05, 3.63) is 64.2 Å². The number of rotatable bonds is 5. The summed E-state index contributed by atoms with van der Waals surface area (Å²) >= 11 is 1.63. The van der Waals surface area contributed by atoms with Crippen LogP contribution in [0.1, 0.15) is 25.8 Å². The van der Waals surface area contributed by atoms with Gasteiger partial charge < -0.3 is 0 Å². The minimum absolute atomic E-state index is 0.0979. The third kappa shape index (κ3) is 3.72. The van der Waals surface area contributed by atoms with Crippen LogP contribution in [0.3, 0.4) is 0 Å². The molecule has 0 saturated carbocycles. The zero-order valence-corrected chi connectivity index (χ0v) is 12.8. The summed E-state index contributed by atoms with van der Waals surface area (Å²) in [5.41, 5.74) is 4.18. The van der Waals surface area contributed by atoms with Gasteiger partial charge in [-0.3, -0.25) is 15.5 Å². The molecule has 1 aromatic carbocycles. The first-order valence-electron chi connectivity index (χ1n) is 6.60. The average Bonchev–Trinajstić information content (AvgIpc) is 2.87. The molecule has 0 spiro atoms. The van der Waals surface area contributed by atoms with Gasteiger partial charge in [-0.05, 0) is 31.5 Å². The van der Waals surface area contributed by atoms with Gasteiger partial charge in [-0.2, -0.15) is 5.10 Å². The summed E-state index contributed by atoms with van der Waals surface area (Å²) in [7, 11) is 0. The highest BCUT2D eigenvalue weighted by atomic mass is 32.2. The lowest BCUT2D eigenvalue weighted by atomic mass is 10.1. The Kier molecular flexibility index (Phi) is 4.80. The van der Waals surface area contributed by atoms with Gasteiger partial charge in [0.15, 0.2) is 0 Å². The van der Waals surface area contributed by atoms with E-state index in [1.165, 1.54) is 12.1 Å². The van der Waals surface area contributed by atoms with E-state index in [1.54, 1.807) is 23.9 Å². The van der Waals surface area contributed by atoms with Crippen LogP contribution in [0.15, 0.2) is 53.7 Å². The van der Waals surface area contributed by atoms with Crippen molar-refractivity contribution in [3.63, 3.8) is 0 Å². The second kappa shape index (κ2) is 6.58. The van der Waals surface area contributed by atoms with Crippen LogP contribution >= 0.6 is 11.8 Å². The van der Waals surface area contributed by atoms with Crippen LogP contribution < -0.4 is 5.43 Å². The molecular weight excluding hydrogens is 286 g/mol.